The molecule has 0 aliphatic heterocycles. The van der Waals surface area contributed by atoms with Crippen LogP contribution in [0.3, 0.4) is 0 Å². The topological polar surface area (TPSA) is 9.23 Å². The second-order valence-electron chi connectivity index (χ2n) is 1.71. The first-order valence-corrected chi connectivity index (χ1v) is 3.29. The molecule has 1 atom stereocenters. The van der Waals surface area contributed by atoms with Crippen LogP contribution in [0.5, 0.6) is 0 Å². The summed E-state index contributed by atoms with van der Waals surface area (Å²) >= 11 is 4.72. The van der Waals surface area contributed by atoms with Crippen molar-refractivity contribution in [3.05, 3.63) is 11.1 Å². The Bertz CT molecular complexity index is 132. The summed E-state index contributed by atoms with van der Waals surface area (Å²) in [5, 5.41) is -1.33. The van der Waals surface area contributed by atoms with E-state index in [9.17, 15) is 8.78 Å². The van der Waals surface area contributed by atoms with Crippen LogP contribution in [0, 0.1) is 0 Å². The molecule has 0 bridgehead atoms. The molecule has 0 aliphatic carbocycles. The molecule has 0 aromatic carbocycles. The summed E-state index contributed by atoms with van der Waals surface area (Å²) in [4.78, 5) is 0. The fraction of sp³-hybridized carbons (Fsp3) is 0.667. The van der Waals surface area contributed by atoms with Crippen molar-refractivity contribution in [1.29, 1.82) is 0 Å². The van der Waals surface area contributed by atoms with E-state index < -0.39 is 17.2 Å². The lowest BCUT2D eigenvalue weighted by molar-refractivity contribution is 0.0834. The number of hydrogen-bond donors (Lipinski definition) is 0. The van der Waals surface area contributed by atoms with Gasteiger partial charge in [-0.15, -0.1) is 0 Å². The molecule has 0 aliphatic rings. The van der Waals surface area contributed by atoms with Crippen molar-refractivity contribution >= 4 is 11.6 Å². The van der Waals surface area contributed by atoms with Crippen LogP contribution in [0.15, 0.2) is 11.1 Å². The van der Waals surface area contributed by atoms with Gasteiger partial charge in [-0.3, -0.25) is 0 Å². The van der Waals surface area contributed by atoms with Crippen molar-refractivity contribution < 1.29 is 13.5 Å². The lowest BCUT2D eigenvalue weighted by Crippen LogP contribution is -2.08. The Morgan fingerprint density at radius 2 is 2.10 bits per heavy atom. The lowest BCUT2D eigenvalue weighted by Gasteiger charge is -2.07. The summed E-state index contributed by atoms with van der Waals surface area (Å²) in [6, 6.07) is 0. The summed E-state index contributed by atoms with van der Waals surface area (Å²) < 4.78 is 28.9. The van der Waals surface area contributed by atoms with Gasteiger partial charge in [0.2, 0.25) is 5.29 Å². The maximum atomic E-state index is 12.4. The van der Waals surface area contributed by atoms with Gasteiger partial charge in [-0.05, 0) is 25.4 Å². The van der Waals surface area contributed by atoms with E-state index in [0.29, 0.717) is 6.61 Å². The van der Waals surface area contributed by atoms with Gasteiger partial charge in [-0.1, -0.05) is 0 Å². The van der Waals surface area contributed by atoms with E-state index in [1.54, 1.807) is 6.92 Å². The molecule has 4 heteroatoms. The summed E-state index contributed by atoms with van der Waals surface area (Å²) in [5.41, 5.74) is 0. The molecular weight excluding hydrogens is 162 g/mol. The molecule has 0 amide bonds. The van der Waals surface area contributed by atoms with E-state index in [0.717, 1.165) is 0 Å². The van der Waals surface area contributed by atoms with Gasteiger partial charge in [-0.25, -0.2) is 4.39 Å². The first-order valence-electron chi connectivity index (χ1n) is 2.91. The molecule has 10 heavy (non-hydrogen) atoms. The smallest absolute Gasteiger partial charge is 0.223 e. The number of hydrogen-bond acceptors (Lipinski definition) is 1. The van der Waals surface area contributed by atoms with Crippen LogP contribution in [-0.4, -0.2) is 12.7 Å². The van der Waals surface area contributed by atoms with Crippen molar-refractivity contribution in [2.24, 2.45) is 0 Å². The molecule has 1 unspecified atom stereocenters. The van der Waals surface area contributed by atoms with E-state index in [4.69, 9.17) is 16.3 Å². The van der Waals surface area contributed by atoms with Crippen molar-refractivity contribution in [2.75, 3.05) is 6.61 Å². The predicted molar refractivity (Wildman–Crippen MR) is 36.2 cm³/mol. The van der Waals surface area contributed by atoms with Gasteiger partial charge in [-0.2, -0.15) is 4.39 Å². The maximum absolute atomic E-state index is 12.4. The molecule has 0 N–H and O–H groups in total. The second kappa shape index (κ2) is 4.63. The third-order valence-corrected chi connectivity index (χ3v) is 1.13. The molecule has 1 nitrogen and oxygen atoms in total. The molecule has 0 spiro atoms. The quantitative estimate of drug-likeness (QED) is 0.633. The Kier molecular flexibility index (Phi) is 4.56. The summed E-state index contributed by atoms with van der Waals surface area (Å²) in [6.07, 6.45) is -0.887. The fourth-order valence-electron chi connectivity index (χ4n) is 0.477. The van der Waals surface area contributed by atoms with Crippen LogP contribution >= 0.6 is 11.6 Å². The Morgan fingerprint density at radius 3 is 2.40 bits per heavy atom. The van der Waals surface area contributed by atoms with Crippen molar-refractivity contribution in [1.82, 2.24) is 0 Å². The predicted octanol–water partition coefficient (Wildman–Crippen LogP) is 2.76. The Balaban J connectivity index is 3.94. The highest BCUT2D eigenvalue weighted by atomic mass is 35.5. The Hall–Kier alpha value is -0.150. The monoisotopic (exact) mass is 170 g/mol. The van der Waals surface area contributed by atoms with Crippen LogP contribution < -0.4 is 0 Å². The SMILES string of the molecule is CCOC(C)/C(F)=C(/F)Cl. The average Bonchev–Trinajstić information content (AvgIpc) is 1.87. The highest BCUT2D eigenvalue weighted by Gasteiger charge is 2.12. The lowest BCUT2D eigenvalue weighted by atomic mass is 10.4. The van der Waals surface area contributed by atoms with Crippen LogP contribution in [-0.2, 0) is 4.74 Å². The second-order valence-corrected chi connectivity index (χ2v) is 2.04. The molecule has 0 radical (unpaired) electrons. The van der Waals surface area contributed by atoms with Gasteiger partial charge < -0.3 is 4.74 Å². The third kappa shape index (κ3) is 3.13. The molecule has 0 saturated heterocycles. The first-order chi connectivity index (χ1) is 4.59. The van der Waals surface area contributed by atoms with E-state index in [2.05, 4.69) is 0 Å². The fourth-order valence-corrected chi connectivity index (χ4v) is 0.630. The summed E-state index contributed by atoms with van der Waals surface area (Å²) in [5.74, 6) is -1.05. The molecule has 0 rings (SSSR count). The van der Waals surface area contributed by atoms with Crippen LogP contribution in [0.25, 0.3) is 0 Å². The highest BCUT2D eigenvalue weighted by molar-refractivity contribution is 6.28. The third-order valence-electron chi connectivity index (χ3n) is 0.954. The van der Waals surface area contributed by atoms with Gasteiger partial charge in [0.1, 0.15) is 6.10 Å². The zero-order valence-electron chi connectivity index (χ0n) is 5.83. The first kappa shape index (κ1) is 9.85. The van der Waals surface area contributed by atoms with E-state index >= 15 is 0 Å². The van der Waals surface area contributed by atoms with Gasteiger partial charge in [0.15, 0.2) is 5.83 Å². The standard InChI is InChI=1S/C6H9ClF2O/c1-3-10-4(2)5(8)6(7)9/h4H,3H2,1-2H3/b6-5-. The van der Waals surface area contributed by atoms with Gasteiger partial charge in [0.05, 0.1) is 0 Å². The summed E-state index contributed by atoms with van der Waals surface area (Å²) in [6.45, 7) is 3.41. The zero-order valence-corrected chi connectivity index (χ0v) is 6.58. The van der Waals surface area contributed by atoms with Crippen molar-refractivity contribution in [2.45, 2.75) is 20.0 Å². The van der Waals surface area contributed by atoms with Crippen LogP contribution in [0.2, 0.25) is 0 Å². The van der Waals surface area contributed by atoms with E-state index in [1.807, 2.05) is 0 Å². The van der Waals surface area contributed by atoms with Gasteiger partial charge in [0, 0.05) is 6.61 Å². The molecule has 0 heterocycles. The number of rotatable bonds is 3. The number of halogens is 3. The maximum Gasteiger partial charge on any atom is 0.223 e. The minimum absolute atomic E-state index is 0.332. The van der Waals surface area contributed by atoms with Crippen LogP contribution in [0.1, 0.15) is 13.8 Å². The zero-order chi connectivity index (χ0) is 8.15. The van der Waals surface area contributed by atoms with Gasteiger partial charge in [0.25, 0.3) is 0 Å². The normalized spacial score (nSPS) is 16.5. The molecule has 0 fully saturated rings. The minimum atomic E-state index is -1.33. The molecular formula is C6H9ClF2O. The largest absolute Gasteiger partial charge is 0.372 e. The Morgan fingerprint density at radius 1 is 1.60 bits per heavy atom. The molecule has 0 saturated carbocycles. The minimum Gasteiger partial charge on any atom is -0.372 e. The highest BCUT2D eigenvalue weighted by Crippen LogP contribution is 2.17. The molecule has 0 aromatic rings. The van der Waals surface area contributed by atoms with E-state index in [-0.39, 0.29) is 0 Å². The molecule has 60 valence electrons. The van der Waals surface area contributed by atoms with Crippen LogP contribution in [0.4, 0.5) is 8.78 Å². The number of ether oxygens (including phenoxy) is 1. The van der Waals surface area contributed by atoms with E-state index in [1.165, 1.54) is 6.92 Å². The van der Waals surface area contributed by atoms with Gasteiger partial charge >= 0.3 is 0 Å². The van der Waals surface area contributed by atoms with Crippen molar-refractivity contribution in [3.8, 4) is 0 Å². The average molecular weight is 171 g/mol. The summed E-state index contributed by atoms with van der Waals surface area (Å²) in [7, 11) is 0. The van der Waals surface area contributed by atoms with Crippen molar-refractivity contribution in [3.63, 3.8) is 0 Å². The Labute approximate surface area is 63.6 Å². The molecule has 0 aromatic heterocycles.